The number of thioether (sulfide) groups is 1. The van der Waals surface area contributed by atoms with E-state index in [2.05, 4.69) is 16.7 Å². The molecular formula is C14H14N2OS. The van der Waals surface area contributed by atoms with E-state index in [1.165, 1.54) is 19.0 Å². The number of hydrogen-bond acceptors (Lipinski definition) is 4. The number of hydrogen-bond donors (Lipinski definition) is 0. The quantitative estimate of drug-likeness (QED) is 0.765. The number of aromatic nitrogens is 1. The molecule has 92 valence electrons. The fraction of sp³-hybridized carbons (Fsp3) is 0.500. The molecule has 0 spiro atoms. The van der Waals surface area contributed by atoms with Crippen LogP contribution in [0.2, 0.25) is 0 Å². The Hall–Kier alpha value is -1.34. The molecule has 0 radical (unpaired) electrons. The summed E-state index contributed by atoms with van der Waals surface area (Å²) in [6, 6.07) is 3.70. The van der Waals surface area contributed by atoms with Crippen molar-refractivity contribution >= 4 is 17.5 Å². The Balaban J connectivity index is 1.80. The highest BCUT2D eigenvalue weighted by atomic mass is 32.2. The lowest BCUT2D eigenvalue weighted by Crippen LogP contribution is -2.24. The number of fused-ring (bicyclic) bond motifs is 2. The zero-order chi connectivity index (χ0) is 12.5. The van der Waals surface area contributed by atoms with E-state index in [-0.39, 0.29) is 11.7 Å². The van der Waals surface area contributed by atoms with Crippen LogP contribution >= 0.6 is 11.8 Å². The van der Waals surface area contributed by atoms with Crippen molar-refractivity contribution in [3.05, 3.63) is 29.6 Å². The van der Waals surface area contributed by atoms with Crippen LogP contribution in [0.5, 0.6) is 0 Å². The molecule has 2 aliphatic heterocycles. The Bertz CT molecular complexity index is 511. The van der Waals surface area contributed by atoms with E-state index in [1.807, 2.05) is 6.07 Å². The zero-order valence-corrected chi connectivity index (χ0v) is 10.8. The minimum atomic E-state index is 0.138. The summed E-state index contributed by atoms with van der Waals surface area (Å²) in [5, 5.41) is 10.2. The van der Waals surface area contributed by atoms with Gasteiger partial charge in [-0.1, -0.05) is 0 Å². The van der Waals surface area contributed by atoms with Crippen molar-refractivity contribution in [2.45, 2.75) is 36.2 Å². The third-order valence-corrected chi connectivity index (χ3v) is 5.44. The molecule has 2 saturated heterocycles. The van der Waals surface area contributed by atoms with Gasteiger partial charge in [0.2, 0.25) is 0 Å². The standard InChI is InChI=1S/C14H14N2OS/c15-6-9-3-11(8-16-7-9)14(17)10-4-12-1-2-13(5-10)18-12/h3,7-8,10,12-13H,1-2,4-5H2. The van der Waals surface area contributed by atoms with E-state index < -0.39 is 0 Å². The molecule has 3 heterocycles. The molecule has 0 aromatic carbocycles. The first-order valence-corrected chi connectivity index (χ1v) is 7.25. The Morgan fingerprint density at radius 3 is 2.72 bits per heavy atom. The monoisotopic (exact) mass is 258 g/mol. The smallest absolute Gasteiger partial charge is 0.167 e. The summed E-state index contributed by atoms with van der Waals surface area (Å²) in [6.07, 6.45) is 7.60. The Labute approximate surface area is 111 Å². The van der Waals surface area contributed by atoms with Crippen molar-refractivity contribution in [3.8, 4) is 6.07 Å². The highest BCUT2D eigenvalue weighted by Gasteiger charge is 2.37. The first-order chi connectivity index (χ1) is 8.76. The van der Waals surface area contributed by atoms with Crippen LogP contribution in [0.3, 0.4) is 0 Å². The van der Waals surface area contributed by atoms with E-state index in [4.69, 9.17) is 5.26 Å². The molecular weight excluding hydrogens is 244 g/mol. The summed E-state index contributed by atoms with van der Waals surface area (Å²) in [5.74, 6) is 0.316. The van der Waals surface area contributed by atoms with Crippen LogP contribution in [0, 0.1) is 17.2 Å². The van der Waals surface area contributed by atoms with E-state index in [1.54, 1.807) is 12.3 Å². The molecule has 1 aromatic heterocycles. The molecule has 2 aliphatic rings. The van der Waals surface area contributed by atoms with Gasteiger partial charge in [-0.25, -0.2) is 0 Å². The van der Waals surface area contributed by atoms with Gasteiger partial charge in [-0.05, 0) is 31.7 Å². The van der Waals surface area contributed by atoms with E-state index in [9.17, 15) is 4.79 Å². The molecule has 4 heteroatoms. The number of pyridine rings is 1. The van der Waals surface area contributed by atoms with Crippen LogP contribution in [0.15, 0.2) is 18.5 Å². The average molecular weight is 258 g/mol. The van der Waals surface area contributed by atoms with Crippen molar-refractivity contribution in [1.82, 2.24) is 4.98 Å². The lowest BCUT2D eigenvalue weighted by molar-refractivity contribution is 0.0906. The number of nitriles is 1. The summed E-state index contributed by atoms with van der Waals surface area (Å²) in [6.45, 7) is 0. The third kappa shape index (κ3) is 2.15. The van der Waals surface area contributed by atoms with Gasteiger partial charge in [0.15, 0.2) is 5.78 Å². The number of rotatable bonds is 2. The van der Waals surface area contributed by atoms with Crippen LogP contribution in [-0.4, -0.2) is 21.3 Å². The minimum Gasteiger partial charge on any atom is -0.294 e. The van der Waals surface area contributed by atoms with E-state index >= 15 is 0 Å². The second-order valence-corrected chi connectivity index (χ2v) is 6.67. The summed E-state index contributed by atoms with van der Waals surface area (Å²) < 4.78 is 0. The van der Waals surface area contributed by atoms with Crippen LogP contribution in [0.1, 0.15) is 41.6 Å². The summed E-state index contributed by atoms with van der Waals surface area (Å²) in [4.78, 5) is 16.4. The highest BCUT2D eigenvalue weighted by molar-refractivity contribution is 8.00. The predicted molar refractivity (Wildman–Crippen MR) is 70.4 cm³/mol. The molecule has 2 bridgehead atoms. The zero-order valence-electron chi connectivity index (χ0n) is 10.0. The molecule has 2 atom stereocenters. The molecule has 1 aromatic rings. The topological polar surface area (TPSA) is 53.8 Å². The second-order valence-electron chi connectivity index (χ2n) is 5.06. The first kappa shape index (κ1) is 11.7. The second kappa shape index (κ2) is 4.74. The SMILES string of the molecule is N#Cc1cncc(C(=O)C2CC3CCC(C2)S3)c1. The van der Waals surface area contributed by atoms with E-state index in [0.717, 1.165) is 12.8 Å². The molecule has 0 saturated carbocycles. The van der Waals surface area contributed by atoms with Crippen molar-refractivity contribution in [2.75, 3.05) is 0 Å². The van der Waals surface area contributed by atoms with Gasteiger partial charge in [-0.3, -0.25) is 9.78 Å². The predicted octanol–water partition coefficient (Wildman–Crippen LogP) is 2.81. The van der Waals surface area contributed by atoms with Crippen LogP contribution < -0.4 is 0 Å². The largest absolute Gasteiger partial charge is 0.294 e. The summed E-state index contributed by atoms with van der Waals surface area (Å²) in [7, 11) is 0. The van der Waals surface area contributed by atoms with Crippen molar-refractivity contribution < 1.29 is 4.79 Å². The maximum absolute atomic E-state index is 12.4. The van der Waals surface area contributed by atoms with Gasteiger partial charge < -0.3 is 0 Å². The normalized spacial score (nSPS) is 29.8. The Kier molecular flexibility index (Phi) is 3.09. The highest BCUT2D eigenvalue weighted by Crippen LogP contribution is 2.46. The van der Waals surface area contributed by atoms with Crippen molar-refractivity contribution in [2.24, 2.45) is 5.92 Å². The Morgan fingerprint density at radius 1 is 1.33 bits per heavy atom. The molecule has 0 amide bonds. The van der Waals surface area contributed by atoms with Crippen molar-refractivity contribution in [3.63, 3.8) is 0 Å². The number of carbonyl (C=O) groups excluding carboxylic acids is 1. The van der Waals surface area contributed by atoms with Crippen molar-refractivity contribution in [1.29, 1.82) is 5.26 Å². The fourth-order valence-corrected chi connectivity index (χ4v) is 4.72. The van der Waals surface area contributed by atoms with Gasteiger partial charge in [-0.15, -0.1) is 0 Å². The van der Waals surface area contributed by atoms with Crippen LogP contribution in [-0.2, 0) is 0 Å². The van der Waals surface area contributed by atoms with Gasteiger partial charge in [-0.2, -0.15) is 17.0 Å². The minimum absolute atomic E-state index is 0.138. The van der Waals surface area contributed by atoms with Gasteiger partial charge in [0.25, 0.3) is 0 Å². The molecule has 18 heavy (non-hydrogen) atoms. The van der Waals surface area contributed by atoms with Gasteiger partial charge in [0.05, 0.1) is 5.56 Å². The number of carbonyl (C=O) groups is 1. The maximum Gasteiger partial charge on any atom is 0.167 e. The molecule has 3 nitrogen and oxygen atoms in total. The molecule has 0 N–H and O–H groups in total. The molecule has 2 fully saturated rings. The van der Waals surface area contributed by atoms with E-state index in [0.29, 0.717) is 21.6 Å². The molecule has 2 unspecified atom stereocenters. The van der Waals surface area contributed by atoms with Crippen LogP contribution in [0.25, 0.3) is 0 Å². The third-order valence-electron chi connectivity index (χ3n) is 3.81. The molecule has 0 aliphatic carbocycles. The van der Waals surface area contributed by atoms with Crippen LogP contribution in [0.4, 0.5) is 0 Å². The van der Waals surface area contributed by atoms with Gasteiger partial charge in [0.1, 0.15) is 6.07 Å². The maximum atomic E-state index is 12.4. The first-order valence-electron chi connectivity index (χ1n) is 6.31. The average Bonchev–Trinajstić information content (AvgIpc) is 2.76. The number of Topliss-reactive ketones (excluding diaryl/α,β-unsaturated/α-hetero) is 1. The molecule has 3 rings (SSSR count). The lowest BCUT2D eigenvalue weighted by atomic mass is 9.91. The fourth-order valence-electron chi connectivity index (χ4n) is 2.94. The lowest BCUT2D eigenvalue weighted by Gasteiger charge is -2.26. The summed E-state index contributed by atoms with van der Waals surface area (Å²) >= 11 is 2.06. The van der Waals surface area contributed by atoms with Gasteiger partial charge >= 0.3 is 0 Å². The number of ketones is 1. The Morgan fingerprint density at radius 2 is 2.06 bits per heavy atom. The summed E-state index contributed by atoms with van der Waals surface area (Å²) in [5.41, 5.74) is 1.07. The van der Waals surface area contributed by atoms with Gasteiger partial charge in [0, 0.05) is 34.4 Å². The number of nitrogens with zero attached hydrogens (tertiary/aromatic N) is 2.